The van der Waals surface area contributed by atoms with Crippen LogP contribution in [0, 0.1) is 0 Å². The SMILES string of the molecule is CCCCN(CC(F)(F)C(F)(F)C(F)(F)F)C(=O)C1c2ccccc2-c2cccc(N3CCC(N4Cc5ccccc5C4=O)C3)c21. The maximum absolute atomic E-state index is 14.8. The Hall–Kier alpha value is -4.09. The van der Waals surface area contributed by atoms with Crippen LogP contribution in [0.25, 0.3) is 11.1 Å². The number of benzene rings is 3. The van der Waals surface area contributed by atoms with Crippen molar-refractivity contribution in [3.8, 4) is 11.1 Å². The predicted octanol–water partition coefficient (Wildman–Crippen LogP) is 7.50. The number of carbonyl (C=O) groups excluding carboxylic acids is 2. The van der Waals surface area contributed by atoms with E-state index in [2.05, 4.69) is 0 Å². The Morgan fingerprint density at radius 2 is 1.57 bits per heavy atom. The normalized spacial score (nSPS) is 19.3. The van der Waals surface area contributed by atoms with Crippen molar-refractivity contribution in [1.82, 2.24) is 9.80 Å². The minimum atomic E-state index is -6.50. The van der Waals surface area contributed by atoms with Gasteiger partial charge in [-0.25, -0.2) is 0 Å². The van der Waals surface area contributed by atoms with Crippen molar-refractivity contribution in [2.24, 2.45) is 0 Å². The molecule has 0 spiro atoms. The minimum Gasteiger partial charge on any atom is -0.369 e. The van der Waals surface area contributed by atoms with Crippen LogP contribution in [0.15, 0.2) is 66.7 Å². The number of carbonyl (C=O) groups is 2. The molecule has 0 N–H and O–H groups in total. The van der Waals surface area contributed by atoms with E-state index in [0.717, 1.165) is 5.56 Å². The lowest BCUT2D eigenvalue weighted by Crippen LogP contribution is -2.58. The Balaban J connectivity index is 1.34. The fraction of sp³-hybridized carbons (Fsp3) is 0.412. The summed E-state index contributed by atoms with van der Waals surface area (Å²) in [7, 11) is 0. The van der Waals surface area contributed by atoms with E-state index in [1.54, 1.807) is 55.5 Å². The lowest BCUT2D eigenvalue weighted by atomic mass is 9.93. The summed E-state index contributed by atoms with van der Waals surface area (Å²) in [5.41, 5.74) is 4.47. The number of rotatable bonds is 9. The van der Waals surface area contributed by atoms with Crippen molar-refractivity contribution >= 4 is 17.5 Å². The molecule has 3 aliphatic rings. The molecule has 2 atom stereocenters. The largest absolute Gasteiger partial charge is 0.459 e. The number of alkyl halides is 7. The van der Waals surface area contributed by atoms with Gasteiger partial charge in [0.25, 0.3) is 5.91 Å². The third kappa shape index (κ3) is 5.19. The zero-order chi connectivity index (χ0) is 33.0. The number of anilines is 1. The summed E-state index contributed by atoms with van der Waals surface area (Å²) >= 11 is 0. The molecule has 5 nitrogen and oxygen atoms in total. The summed E-state index contributed by atoms with van der Waals surface area (Å²) in [6, 6.07) is 19.4. The summed E-state index contributed by atoms with van der Waals surface area (Å²) in [4.78, 5) is 31.7. The van der Waals surface area contributed by atoms with Gasteiger partial charge in [0, 0.05) is 43.0 Å². The molecule has 2 heterocycles. The van der Waals surface area contributed by atoms with Crippen molar-refractivity contribution < 1.29 is 40.3 Å². The monoisotopic (exact) mass is 647 g/mol. The molecule has 1 fully saturated rings. The summed E-state index contributed by atoms with van der Waals surface area (Å²) in [6.45, 7) is 0.611. The first-order chi connectivity index (χ1) is 21.8. The van der Waals surface area contributed by atoms with Crippen LogP contribution in [-0.2, 0) is 11.3 Å². The molecule has 0 radical (unpaired) electrons. The van der Waals surface area contributed by atoms with E-state index >= 15 is 0 Å². The van der Waals surface area contributed by atoms with Gasteiger partial charge in [-0.3, -0.25) is 9.59 Å². The number of hydrogen-bond donors (Lipinski definition) is 0. The smallest absolute Gasteiger partial charge is 0.369 e. The number of amides is 2. The van der Waals surface area contributed by atoms with E-state index in [1.807, 2.05) is 28.0 Å². The average Bonchev–Trinajstić information content (AvgIpc) is 3.72. The Morgan fingerprint density at radius 3 is 2.26 bits per heavy atom. The molecule has 12 heteroatoms. The Morgan fingerprint density at radius 1 is 0.891 bits per heavy atom. The van der Waals surface area contributed by atoms with Crippen LogP contribution in [0.1, 0.15) is 59.2 Å². The van der Waals surface area contributed by atoms with E-state index < -0.39 is 42.9 Å². The zero-order valence-electron chi connectivity index (χ0n) is 25.0. The van der Waals surface area contributed by atoms with Gasteiger partial charge < -0.3 is 14.7 Å². The van der Waals surface area contributed by atoms with Crippen LogP contribution in [-0.4, -0.2) is 71.9 Å². The van der Waals surface area contributed by atoms with Gasteiger partial charge in [0.2, 0.25) is 5.91 Å². The first-order valence-electron chi connectivity index (χ1n) is 15.2. The first-order valence-corrected chi connectivity index (χ1v) is 15.2. The number of hydrogen-bond acceptors (Lipinski definition) is 3. The van der Waals surface area contributed by atoms with E-state index in [1.165, 1.54) is 0 Å². The van der Waals surface area contributed by atoms with Crippen LogP contribution in [0.3, 0.4) is 0 Å². The Kier molecular flexibility index (Phi) is 8.05. The van der Waals surface area contributed by atoms with Gasteiger partial charge in [0.1, 0.15) is 0 Å². The number of fused-ring (bicyclic) bond motifs is 4. The maximum atomic E-state index is 14.8. The van der Waals surface area contributed by atoms with E-state index in [-0.39, 0.29) is 18.4 Å². The van der Waals surface area contributed by atoms with Gasteiger partial charge in [-0.1, -0.05) is 67.9 Å². The van der Waals surface area contributed by atoms with Crippen molar-refractivity contribution in [3.05, 3.63) is 89.0 Å². The topological polar surface area (TPSA) is 43.9 Å². The highest BCUT2D eigenvalue weighted by atomic mass is 19.4. The van der Waals surface area contributed by atoms with Crippen LogP contribution >= 0.6 is 0 Å². The lowest BCUT2D eigenvalue weighted by Gasteiger charge is -2.35. The van der Waals surface area contributed by atoms with Gasteiger partial charge >= 0.3 is 18.0 Å². The zero-order valence-corrected chi connectivity index (χ0v) is 25.0. The van der Waals surface area contributed by atoms with Gasteiger partial charge in [0.05, 0.1) is 18.5 Å². The van der Waals surface area contributed by atoms with E-state index in [4.69, 9.17) is 0 Å². The quantitative estimate of drug-likeness (QED) is 0.226. The maximum Gasteiger partial charge on any atom is 0.459 e. The molecule has 1 saturated heterocycles. The van der Waals surface area contributed by atoms with Crippen molar-refractivity contribution in [3.63, 3.8) is 0 Å². The molecule has 244 valence electrons. The fourth-order valence-corrected chi connectivity index (χ4v) is 6.90. The molecule has 0 aromatic heterocycles. The Labute approximate surface area is 261 Å². The predicted molar refractivity (Wildman–Crippen MR) is 158 cm³/mol. The summed E-state index contributed by atoms with van der Waals surface area (Å²) < 4.78 is 96.6. The van der Waals surface area contributed by atoms with Crippen LogP contribution < -0.4 is 4.90 Å². The minimum absolute atomic E-state index is 0.0654. The fourth-order valence-electron chi connectivity index (χ4n) is 6.90. The second-order valence-corrected chi connectivity index (χ2v) is 12.1. The average molecular weight is 648 g/mol. The van der Waals surface area contributed by atoms with Gasteiger partial charge in [-0.15, -0.1) is 0 Å². The molecular formula is C34H32F7N3O2. The highest BCUT2D eigenvalue weighted by Gasteiger charge is 2.73. The van der Waals surface area contributed by atoms with Crippen LogP contribution in [0.5, 0.6) is 0 Å². The molecule has 2 aliphatic heterocycles. The molecular weight excluding hydrogens is 615 g/mol. The third-order valence-electron chi connectivity index (χ3n) is 9.27. The van der Waals surface area contributed by atoms with Gasteiger partial charge in [-0.05, 0) is 47.2 Å². The molecule has 1 aliphatic carbocycles. The molecule has 46 heavy (non-hydrogen) atoms. The van der Waals surface area contributed by atoms with E-state index in [0.29, 0.717) is 70.9 Å². The van der Waals surface area contributed by atoms with Crippen molar-refractivity contribution in [1.29, 1.82) is 0 Å². The number of halogens is 7. The van der Waals surface area contributed by atoms with Crippen molar-refractivity contribution in [2.75, 3.05) is 31.1 Å². The third-order valence-corrected chi connectivity index (χ3v) is 9.27. The molecule has 3 aromatic carbocycles. The summed E-state index contributed by atoms with van der Waals surface area (Å²) in [6.07, 6.45) is -5.35. The molecule has 6 rings (SSSR count). The first kappa shape index (κ1) is 31.9. The highest BCUT2D eigenvalue weighted by Crippen LogP contribution is 2.51. The number of unbranched alkanes of at least 4 members (excludes halogenated alkanes) is 1. The molecule has 2 unspecified atom stereocenters. The standard InChI is InChI=1S/C34H32F7N3O2/c1-2-3-16-43(20-32(35,36)33(37,38)34(39,40)41)31(46)29-26-12-7-6-11-24(26)25-13-8-14-27(28(25)29)42-17-15-22(19-42)44-18-21-9-4-5-10-23(21)30(44)45/h4-14,22,29H,2-3,15-20H2,1H3. The molecule has 3 aromatic rings. The second kappa shape index (κ2) is 11.6. The van der Waals surface area contributed by atoms with Gasteiger partial charge in [0.15, 0.2) is 0 Å². The molecule has 0 bridgehead atoms. The summed E-state index contributed by atoms with van der Waals surface area (Å²) in [5.74, 6) is -14.1. The van der Waals surface area contributed by atoms with Gasteiger partial charge in [-0.2, -0.15) is 30.7 Å². The molecule has 2 amide bonds. The van der Waals surface area contributed by atoms with Crippen molar-refractivity contribution in [2.45, 2.75) is 62.7 Å². The summed E-state index contributed by atoms with van der Waals surface area (Å²) in [5, 5.41) is 0. The van der Waals surface area contributed by atoms with Crippen LogP contribution in [0.4, 0.5) is 36.4 Å². The highest BCUT2D eigenvalue weighted by molar-refractivity contribution is 6.00. The molecule has 0 saturated carbocycles. The lowest BCUT2D eigenvalue weighted by molar-refractivity contribution is -0.355. The second-order valence-electron chi connectivity index (χ2n) is 12.1. The van der Waals surface area contributed by atoms with E-state index in [9.17, 15) is 40.3 Å². The number of nitrogens with zero attached hydrogens (tertiary/aromatic N) is 3. The Bertz CT molecular complexity index is 1660. The van der Waals surface area contributed by atoms with Crippen LogP contribution in [0.2, 0.25) is 0 Å².